The normalized spacial score (nSPS) is 11.2. The predicted molar refractivity (Wildman–Crippen MR) is 120 cm³/mol. The largest absolute Gasteiger partial charge is 0.494 e. The van der Waals surface area contributed by atoms with Crippen LogP contribution in [0.3, 0.4) is 0 Å². The second-order valence-electron chi connectivity index (χ2n) is 7.12. The number of fused-ring (bicyclic) bond motifs is 3. The summed E-state index contributed by atoms with van der Waals surface area (Å²) in [6.07, 6.45) is 3.37. The first-order valence-electron chi connectivity index (χ1n) is 10.1. The van der Waals surface area contributed by atoms with E-state index in [0.29, 0.717) is 28.7 Å². The van der Waals surface area contributed by atoms with Crippen LogP contribution in [0.4, 0.5) is 11.6 Å². The summed E-state index contributed by atoms with van der Waals surface area (Å²) in [6.45, 7) is 4.69. The number of hydrogen-bond donors (Lipinski definition) is 1. The third kappa shape index (κ3) is 3.22. The first kappa shape index (κ1) is 19.6. The van der Waals surface area contributed by atoms with Crippen LogP contribution >= 0.6 is 0 Å². The van der Waals surface area contributed by atoms with E-state index in [2.05, 4.69) is 15.4 Å². The Morgan fingerprint density at radius 1 is 1.09 bits per heavy atom. The molecule has 160 valence electrons. The molecule has 0 spiro atoms. The Bertz CT molecular complexity index is 1520. The molecular weight excluding hydrogens is 408 g/mol. The highest BCUT2D eigenvalue weighted by molar-refractivity contribution is 5.96. The predicted octanol–water partition coefficient (Wildman–Crippen LogP) is 2.98. The van der Waals surface area contributed by atoms with Crippen molar-refractivity contribution in [2.24, 2.45) is 0 Å². The monoisotopic (exact) mass is 428 g/mol. The molecule has 32 heavy (non-hydrogen) atoms. The first-order chi connectivity index (χ1) is 15.6. The van der Waals surface area contributed by atoms with E-state index < -0.39 is 5.56 Å². The lowest BCUT2D eigenvalue weighted by Crippen LogP contribution is -2.11. The Balaban J connectivity index is 1.79. The smallest absolute Gasteiger partial charge is 0.293 e. The summed E-state index contributed by atoms with van der Waals surface area (Å²) in [4.78, 5) is 25.8. The summed E-state index contributed by atoms with van der Waals surface area (Å²) < 4.78 is 8.94. The number of ether oxygens (including phenoxy) is 1. The molecule has 4 heterocycles. The van der Waals surface area contributed by atoms with Crippen molar-refractivity contribution in [2.75, 3.05) is 12.4 Å². The third-order valence-electron chi connectivity index (χ3n) is 5.13. The van der Waals surface area contributed by atoms with Crippen LogP contribution < -0.4 is 15.6 Å². The minimum Gasteiger partial charge on any atom is -0.494 e. The highest BCUT2D eigenvalue weighted by Gasteiger charge is 2.19. The fourth-order valence-corrected chi connectivity index (χ4v) is 3.53. The maximum absolute atomic E-state index is 12.4. The van der Waals surface area contributed by atoms with Crippen molar-refractivity contribution < 1.29 is 4.74 Å². The number of aryl methyl sites for hydroxylation is 2. The fourth-order valence-electron chi connectivity index (χ4n) is 3.53. The number of nitrogens with one attached hydrogen (secondary N) is 1. The van der Waals surface area contributed by atoms with Crippen LogP contribution in [-0.2, 0) is 6.54 Å². The van der Waals surface area contributed by atoms with E-state index in [1.807, 2.05) is 42.9 Å². The van der Waals surface area contributed by atoms with Crippen LogP contribution in [0, 0.1) is 6.92 Å². The molecule has 10 nitrogen and oxygen atoms in total. The van der Waals surface area contributed by atoms with E-state index in [1.165, 1.54) is 6.20 Å². The van der Waals surface area contributed by atoms with E-state index in [9.17, 15) is 4.79 Å². The molecular formula is C22H20N8O2. The number of methoxy groups -OCH3 is 1. The molecule has 0 fully saturated rings. The summed E-state index contributed by atoms with van der Waals surface area (Å²) in [7, 11) is 1.59. The molecule has 0 saturated heterocycles. The van der Waals surface area contributed by atoms with Gasteiger partial charge in [0.15, 0.2) is 11.5 Å². The Morgan fingerprint density at radius 2 is 1.97 bits per heavy atom. The van der Waals surface area contributed by atoms with Gasteiger partial charge in [-0.15, -0.1) is 5.10 Å². The average molecular weight is 428 g/mol. The topological polar surface area (TPSA) is 112 Å². The molecule has 0 aliphatic heterocycles. The van der Waals surface area contributed by atoms with E-state index in [4.69, 9.17) is 19.8 Å². The number of rotatable bonds is 5. The van der Waals surface area contributed by atoms with Crippen LogP contribution in [0.5, 0.6) is 5.75 Å². The first-order valence-corrected chi connectivity index (χ1v) is 10.1. The number of aromatic nitrogens is 7. The molecule has 0 aliphatic carbocycles. The van der Waals surface area contributed by atoms with Gasteiger partial charge in [-0.3, -0.25) is 9.48 Å². The number of para-hydroxylation sites is 1. The van der Waals surface area contributed by atoms with Gasteiger partial charge in [-0.05, 0) is 38.1 Å². The molecule has 1 aromatic carbocycles. The number of nitrogens with zero attached hydrogens (tertiary/aromatic N) is 7. The molecule has 0 amide bonds. The van der Waals surface area contributed by atoms with Gasteiger partial charge in [0.25, 0.3) is 5.56 Å². The molecule has 0 unspecified atom stereocenters. The van der Waals surface area contributed by atoms with Crippen LogP contribution in [0.25, 0.3) is 27.9 Å². The van der Waals surface area contributed by atoms with Crippen molar-refractivity contribution in [2.45, 2.75) is 20.4 Å². The van der Waals surface area contributed by atoms with Gasteiger partial charge in [0.2, 0.25) is 5.95 Å². The number of benzene rings is 1. The third-order valence-corrected chi connectivity index (χ3v) is 5.13. The van der Waals surface area contributed by atoms with Crippen LogP contribution in [0.2, 0.25) is 0 Å². The zero-order chi connectivity index (χ0) is 22.2. The summed E-state index contributed by atoms with van der Waals surface area (Å²) >= 11 is 0. The Labute approximate surface area is 182 Å². The maximum atomic E-state index is 12.4. The molecule has 10 heteroatoms. The lowest BCUT2D eigenvalue weighted by Gasteiger charge is -2.09. The van der Waals surface area contributed by atoms with Gasteiger partial charge in [-0.25, -0.2) is 15.0 Å². The molecule has 5 aromatic rings. The van der Waals surface area contributed by atoms with Gasteiger partial charge in [0.1, 0.15) is 17.0 Å². The van der Waals surface area contributed by atoms with Crippen molar-refractivity contribution in [1.82, 2.24) is 34.3 Å². The molecule has 4 aromatic heterocycles. The zero-order valence-electron chi connectivity index (χ0n) is 17.8. The molecule has 0 atom stereocenters. The van der Waals surface area contributed by atoms with Gasteiger partial charge >= 0.3 is 0 Å². The minimum absolute atomic E-state index is 0.269. The Kier molecular flexibility index (Phi) is 4.74. The van der Waals surface area contributed by atoms with Gasteiger partial charge in [0, 0.05) is 24.3 Å². The van der Waals surface area contributed by atoms with Crippen molar-refractivity contribution in [1.29, 1.82) is 0 Å². The fraction of sp³-hybridized carbons (Fsp3) is 0.182. The molecule has 0 radical (unpaired) electrons. The standard InChI is InChI=1S/C22H20N8O2/c1-4-29-12-15(13(2)27-29)19-26-20-14-8-7-10-17(32-3)18(14)25-22(30(20)28-19)24-16-9-5-6-11-23-21(16)31/h5-12H,4H2,1-3H3,(H,23,24,25,31). The second-order valence-corrected chi connectivity index (χ2v) is 7.12. The Morgan fingerprint density at radius 3 is 2.75 bits per heavy atom. The average Bonchev–Trinajstić information content (AvgIpc) is 3.35. The summed E-state index contributed by atoms with van der Waals surface area (Å²) in [6, 6.07) is 10.7. The summed E-state index contributed by atoms with van der Waals surface area (Å²) in [5, 5.41) is 13.0. The van der Waals surface area contributed by atoms with Crippen molar-refractivity contribution in [3.63, 3.8) is 0 Å². The van der Waals surface area contributed by atoms with E-state index in [1.54, 1.807) is 29.8 Å². The highest BCUT2D eigenvalue weighted by atomic mass is 16.5. The SMILES string of the molecule is CCn1cc(-c2nc3c4cccc(OC)c4nc(Nc4ccccnc4=O)n3n2)c(C)n1. The lowest BCUT2D eigenvalue weighted by atomic mass is 10.2. The minimum atomic E-state index is -0.412. The van der Waals surface area contributed by atoms with Crippen LogP contribution in [0.15, 0.2) is 53.6 Å². The Hall–Kier alpha value is -4.34. The van der Waals surface area contributed by atoms with Crippen molar-refractivity contribution in [3.05, 3.63) is 64.8 Å². The van der Waals surface area contributed by atoms with Gasteiger partial charge in [-0.2, -0.15) is 9.61 Å². The second kappa shape index (κ2) is 7.73. The number of hydrogen-bond acceptors (Lipinski definition) is 8. The molecule has 1 N–H and O–H groups in total. The lowest BCUT2D eigenvalue weighted by molar-refractivity contribution is 0.419. The van der Waals surface area contributed by atoms with E-state index >= 15 is 0 Å². The van der Waals surface area contributed by atoms with E-state index in [0.717, 1.165) is 23.2 Å². The zero-order valence-corrected chi connectivity index (χ0v) is 17.8. The molecule has 0 aliphatic rings. The van der Waals surface area contributed by atoms with Gasteiger partial charge in [-0.1, -0.05) is 12.1 Å². The van der Waals surface area contributed by atoms with Crippen LogP contribution in [-0.4, -0.2) is 41.5 Å². The quantitative estimate of drug-likeness (QED) is 0.455. The van der Waals surface area contributed by atoms with Crippen LogP contribution in [0.1, 0.15) is 12.6 Å². The molecule has 0 bridgehead atoms. The maximum Gasteiger partial charge on any atom is 0.293 e. The van der Waals surface area contributed by atoms with Crippen molar-refractivity contribution >= 4 is 28.2 Å². The highest BCUT2D eigenvalue weighted by Crippen LogP contribution is 2.30. The summed E-state index contributed by atoms with van der Waals surface area (Å²) in [5.41, 5.74) is 2.69. The van der Waals surface area contributed by atoms with Gasteiger partial charge < -0.3 is 10.1 Å². The molecule has 0 saturated carbocycles. The van der Waals surface area contributed by atoms with E-state index in [-0.39, 0.29) is 5.69 Å². The van der Waals surface area contributed by atoms with Gasteiger partial charge in [0.05, 0.1) is 18.4 Å². The van der Waals surface area contributed by atoms with Crippen molar-refractivity contribution in [3.8, 4) is 17.1 Å². The summed E-state index contributed by atoms with van der Waals surface area (Å²) in [5.74, 6) is 1.43. The number of anilines is 2. The molecule has 5 rings (SSSR count).